The summed E-state index contributed by atoms with van der Waals surface area (Å²) in [5.74, 6) is 1.80. The number of halogens is 2. The Labute approximate surface area is 134 Å². The summed E-state index contributed by atoms with van der Waals surface area (Å²) >= 11 is 6.71. The molecule has 0 amide bonds. The van der Waals surface area contributed by atoms with E-state index >= 15 is 0 Å². The third-order valence-electron chi connectivity index (χ3n) is 2.82. The first-order valence-electron chi connectivity index (χ1n) is 6.07. The molecule has 2 aromatic rings. The maximum Gasteiger partial charge on any atom is 0.156 e. The molecule has 0 radical (unpaired) electrons. The van der Waals surface area contributed by atoms with Crippen LogP contribution < -0.4 is 4.74 Å². The SMILES string of the molecule is CC(C)c1cc(Oc2c(Br)cc(O)cc2Br)ccc1O. The number of hydrogen-bond donors (Lipinski definition) is 2. The third-order valence-corrected chi connectivity index (χ3v) is 4.00. The number of ether oxygens (including phenoxy) is 1. The summed E-state index contributed by atoms with van der Waals surface area (Å²) < 4.78 is 7.11. The minimum atomic E-state index is 0.143. The highest BCUT2D eigenvalue weighted by Gasteiger charge is 2.12. The van der Waals surface area contributed by atoms with Crippen LogP contribution in [0.2, 0.25) is 0 Å². The number of phenolic OH excluding ortho intramolecular Hbond substituents is 2. The maximum atomic E-state index is 9.81. The third kappa shape index (κ3) is 3.27. The van der Waals surface area contributed by atoms with Gasteiger partial charge in [0.1, 0.15) is 17.2 Å². The minimum absolute atomic E-state index is 0.143. The van der Waals surface area contributed by atoms with Crippen LogP contribution in [0.4, 0.5) is 0 Å². The molecular formula is C15H14Br2O3. The number of phenols is 2. The molecule has 2 aromatic carbocycles. The molecule has 106 valence electrons. The van der Waals surface area contributed by atoms with Gasteiger partial charge in [-0.15, -0.1) is 0 Å². The van der Waals surface area contributed by atoms with Gasteiger partial charge in [-0.2, -0.15) is 0 Å². The quantitative estimate of drug-likeness (QED) is 0.709. The average Bonchev–Trinajstić information content (AvgIpc) is 2.35. The van der Waals surface area contributed by atoms with Crippen LogP contribution in [0.15, 0.2) is 39.3 Å². The van der Waals surface area contributed by atoms with Gasteiger partial charge >= 0.3 is 0 Å². The number of benzene rings is 2. The zero-order chi connectivity index (χ0) is 14.9. The van der Waals surface area contributed by atoms with Gasteiger partial charge in [0.2, 0.25) is 0 Å². The first-order chi connectivity index (χ1) is 9.38. The van der Waals surface area contributed by atoms with Crippen LogP contribution in [0, 0.1) is 0 Å². The smallest absolute Gasteiger partial charge is 0.156 e. The van der Waals surface area contributed by atoms with E-state index in [2.05, 4.69) is 31.9 Å². The Balaban J connectivity index is 2.38. The van der Waals surface area contributed by atoms with Crippen LogP contribution >= 0.6 is 31.9 Å². The molecule has 0 spiro atoms. The number of rotatable bonds is 3. The van der Waals surface area contributed by atoms with Gasteiger partial charge in [0.05, 0.1) is 8.95 Å². The Morgan fingerprint density at radius 3 is 2.15 bits per heavy atom. The van der Waals surface area contributed by atoms with Crippen LogP contribution in [-0.2, 0) is 0 Å². The van der Waals surface area contributed by atoms with E-state index < -0.39 is 0 Å². The Morgan fingerprint density at radius 2 is 1.60 bits per heavy atom. The van der Waals surface area contributed by atoms with Crippen LogP contribution in [0.3, 0.4) is 0 Å². The zero-order valence-corrected chi connectivity index (χ0v) is 14.2. The summed E-state index contributed by atoms with van der Waals surface area (Å²) in [4.78, 5) is 0. The second-order valence-corrected chi connectivity index (χ2v) is 6.42. The van der Waals surface area contributed by atoms with Crippen molar-refractivity contribution in [3.8, 4) is 23.0 Å². The lowest BCUT2D eigenvalue weighted by Gasteiger charge is -2.13. The summed E-state index contributed by atoms with van der Waals surface area (Å²) in [6.45, 7) is 4.01. The summed E-state index contributed by atoms with van der Waals surface area (Å²) in [5.41, 5.74) is 0.827. The van der Waals surface area contributed by atoms with E-state index in [0.29, 0.717) is 20.4 Å². The highest BCUT2D eigenvalue weighted by molar-refractivity contribution is 9.11. The van der Waals surface area contributed by atoms with Crippen molar-refractivity contribution in [3.63, 3.8) is 0 Å². The number of aromatic hydroxyl groups is 2. The van der Waals surface area contributed by atoms with Gasteiger partial charge in [-0.3, -0.25) is 0 Å². The monoisotopic (exact) mass is 400 g/mol. The van der Waals surface area contributed by atoms with Crippen molar-refractivity contribution in [2.75, 3.05) is 0 Å². The molecule has 0 aliphatic carbocycles. The average molecular weight is 402 g/mol. The number of hydrogen-bond acceptors (Lipinski definition) is 3. The maximum absolute atomic E-state index is 9.81. The Hall–Kier alpha value is -1.20. The molecule has 0 unspecified atom stereocenters. The van der Waals surface area contributed by atoms with Crippen LogP contribution in [0.1, 0.15) is 25.3 Å². The van der Waals surface area contributed by atoms with Crippen molar-refractivity contribution < 1.29 is 14.9 Å². The van der Waals surface area contributed by atoms with Crippen LogP contribution in [-0.4, -0.2) is 10.2 Å². The van der Waals surface area contributed by atoms with Crippen molar-refractivity contribution in [1.29, 1.82) is 0 Å². The van der Waals surface area contributed by atoms with Gasteiger partial charge in [0, 0.05) is 5.56 Å². The summed E-state index contributed by atoms with van der Waals surface area (Å²) in [6, 6.07) is 8.25. The van der Waals surface area contributed by atoms with Crippen molar-refractivity contribution in [2.45, 2.75) is 19.8 Å². The second kappa shape index (κ2) is 6.06. The van der Waals surface area contributed by atoms with E-state index in [1.54, 1.807) is 24.3 Å². The van der Waals surface area contributed by atoms with Gasteiger partial charge in [-0.25, -0.2) is 0 Å². The highest BCUT2D eigenvalue weighted by Crippen LogP contribution is 2.40. The molecule has 0 atom stereocenters. The molecule has 2 N–H and O–H groups in total. The summed E-state index contributed by atoms with van der Waals surface area (Å²) in [7, 11) is 0. The molecule has 5 heteroatoms. The predicted molar refractivity (Wildman–Crippen MR) is 85.8 cm³/mol. The summed E-state index contributed by atoms with van der Waals surface area (Å²) in [5, 5.41) is 19.3. The van der Waals surface area contributed by atoms with Crippen LogP contribution in [0.5, 0.6) is 23.0 Å². The molecule has 0 aliphatic heterocycles. The van der Waals surface area contributed by atoms with Gasteiger partial charge < -0.3 is 14.9 Å². The van der Waals surface area contributed by atoms with E-state index in [9.17, 15) is 10.2 Å². The lowest BCUT2D eigenvalue weighted by Crippen LogP contribution is -1.92. The Kier molecular flexibility index (Phi) is 4.60. The van der Waals surface area contributed by atoms with E-state index in [1.807, 2.05) is 19.9 Å². The van der Waals surface area contributed by atoms with Gasteiger partial charge in [0.25, 0.3) is 0 Å². The predicted octanol–water partition coefficient (Wildman–Crippen LogP) is 5.54. The first kappa shape index (κ1) is 15.2. The summed E-state index contributed by atoms with van der Waals surface area (Å²) in [6.07, 6.45) is 0. The molecule has 20 heavy (non-hydrogen) atoms. The normalized spacial score (nSPS) is 10.8. The largest absolute Gasteiger partial charge is 0.508 e. The Morgan fingerprint density at radius 1 is 1.00 bits per heavy atom. The van der Waals surface area contributed by atoms with Crippen molar-refractivity contribution in [3.05, 3.63) is 44.8 Å². The molecule has 0 fully saturated rings. The fourth-order valence-electron chi connectivity index (χ4n) is 1.82. The van der Waals surface area contributed by atoms with E-state index in [1.165, 1.54) is 0 Å². The fourth-order valence-corrected chi connectivity index (χ4v) is 3.14. The van der Waals surface area contributed by atoms with Crippen molar-refractivity contribution >= 4 is 31.9 Å². The molecule has 0 saturated heterocycles. The van der Waals surface area contributed by atoms with Crippen molar-refractivity contribution in [2.24, 2.45) is 0 Å². The minimum Gasteiger partial charge on any atom is -0.508 e. The molecule has 0 aromatic heterocycles. The van der Waals surface area contributed by atoms with E-state index in [4.69, 9.17) is 4.74 Å². The topological polar surface area (TPSA) is 49.7 Å². The fraction of sp³-hybridized carbons (Fsp3) is 0.200. The van der Waals surface area contributed by atoms with Crippen molar-refractivity contribution in [1.82, 2.24) is 0 Å². The van der Waals surface area contributed by atoms with Gasteiger partial charge in [-0.05, 0) is 68.1 Å². The molecule has 0 saturated carbocycles. The Bertz CT molecular complexity index is 616. The molecule has 3 nitrogen and oxygen atoms in total. The molecule has 0 heterocycles. The lowest BCUT2D eigenvalue weighted by atomic mass is 10.0. The van der Waals surface area contributed by atoms with Crippen LogP contribution in [0.25, 0.3) is 0 Å². The molecule has 0 bridgehead atoms. The van der Waals surface area contributed by atoms with Gasteiger partial charge in [0.15, 0.2) is 5.75 Å². The zero-order valence-electron chi connectivity index (χ0n) is 11.0. The first-order valence-corrected chi connectivity index (χ1v) is 7.66. The lowest BCUT2D eigenvalue weighted by molar-refractivity contribution is 0.449. The van der Waals surface area contributed by atoms with E-state index in [-0.39, 0.29) is 17.4 Å². The van der Waals surface area contributed by atoms with Gasteiger partial charge in [-0.1, -0.05) is 13.8 Å². The standard InChI is InChI=1S/C15H14Br2O3/c1-8(2)11-7-10(3-4-14(11)19)20-15-12(16)5-9(18)6-13(15)17/h3-8,18-19H,1-2H3. The molecule has 0 aliphatic rings. The highest BCUT2D eigenvalue weighted by atomic mass is 79.9. The second-order valence-electron chi connectivity index (χ2n) is 4.72. The molecule has 2 rings (SSSR count). The van der Waals surface area contributed by atoms with E-state index in [0.717, 1.165) is 5.56 Å². The molecular weight excluding hydrogens is 388 g/mol.